The number of hydrogen-bond donors (Lipinski definition) is 0. The normalized spacial score (nSPS) is 18.6. The molecule has 0 unspecified atom stereocenters. The summed E-state index contributed by atoms with van der Waals surface area (Å²) >= 11 is 5.93. The zero-order valence-electron chi connectivity index (χ0n) is 11.7. The maximum absolute atomic E-state index is 12.2. The van der Waals surface area contributed by atoms with Gasteiger partial charge in [0.15, 0.2) is 0 Å². The number of anilines is 1. The van der Waals surface area contributed by atoms with E-state index < -0.39 is 0 Å². The van der Waals surface area contributed by atoms with Crippen molar-refractivity contribution in [1.29, 1.82) is 0 Å². The van der Waals surface area contributed by atoms with Crippen molar-refractivity contribution >= 4 is 28.9 Å². The van der Waals surface area contributed by atoms with Gasteiger partial charge in [-0.1, -0.05) is 48.9 Å². The summed E-state index contributed by atoms with van der Waals surface area (Å²) in [5.41, 5.74) is 2.70. The fourth-order valence-corrected chi connectivity index (χ4v) is 2.57. The fourth-order valence-electron chi connectivity index (χ4n) is 2.44. The molecule has 0 aromatic heterocycles. The summed E-state index contributed by atoms with van der Waals surface area (Å²) in [6, 6.07) is 17.1. The average molecular weight is 299 g/mol. The highest BCUT2D eigenvalue weighted by atomic mass is 35.5. The molecule has 0 N–H and O–H groups in total. The van der Waals surface area contributed by atoms with Gasteiger partial charge in [0.2, 0.25) is 5.91 Å². The van der Waals surface area contributed by atoms with Crippen LogP contribution in [0.25, 0.3) is 0 Å². The van der Waals surface area contributed by atoms with E-state index in [4.69, 9.17) is 11.6 Å². The van der Waals surface area contributed by atoms with Crippen molar-refractivity contribution < 1.29 is 4.79 Å². The van der Waals surface area contributed by atoms with Crippen molar-refractivity contribution in [3.63, 3.8) is 0 Å². The van der Waals surface area contributed by atoms with Gasteiger partial charge in [0, 0.05) is 17.4 Å². The van der Waals surface area contributed by atoms with Crippen LogP contribution in [0.1, 0.15) is 18.9 Å². The van der Waals surface area contributed by atoms with Crippen molar-refractivity contribution in [3.05, 3.63) is 65.2 Å². The van der Waals surface area contributed by atoms with E-state index in [-0.39, 0.29) is 11.8 Å². The van der Waals surface area contributed by atoms with E-state index in [1.165, 1.54) is 5.01 Å². The van der Waals surface area contributed by atoms with E-state index in [1.54, 1.807) is 0 Å². The predicted molar refractivity (Wildman–Crippen MR) is 85.7 cm³/mol. The lowest BCUT2D eigenvalue weighted by Gasteiger charge is -2.27. The number of benzene rings is 2. The lowest BCUT2D eigenvalue weighted by atomic mass is 9.94. The molecule has 3 rings (SSSR count). The molecule has 0 radical (unpaired) electrons. The molecule has 0 saturated carbocycles. The first-order valence-corrected chi connectivity index (χ1v) is 7.25. The number of carbonyl (C=O) groups is 1. The van der Waals surface area contributed by atoms with Crippen molar-refractivity contribution in [1.82, 2.24) is 0 Å². The van der Waals surface area contributed by atoms with Gasteiger partial charge in [0.1, 0.15) is 0 Å². The van der Waals surface area contributed by atoms with Gasteiger partial charge in [0.25, 0.3) is 0 Å². The number of amides is 1. The average Bonchev–Trinajstić information content (AvgIpc) is 2.49. The summed E-state index contributed by atoms with van der Waals surface area (Å²) in [4.78, 5) is 12.2. The third kappa shape index (κ3) is 2.83. The summed E-state index contributed by atoms with van der Waals surface area (Å²) in [5.74, 6) is 0.116. The van der Waals surface area contributed by atoms with Gasteiger partial charge < -0.3 is 0 Å². The maximum Gasteiger partial charge on any atom is 0.248 e. The van der Waals surface area contributed by atoms with E-state index in [2.05, 4.69) is 5.10 Å². The monoisotopic (exact) mass is 298 g/mol. The second kappa shape index (κ2) is 5.70. The van der Waals surface area contributed by atoms with Gasteiger partial charge >= 0.3 is 0 Å². The molecule has 0 fully saturated rings. The molecule has 0 bridgehead atoms. The van der Waals surface area contributed by atoms with E-state index in [0.29, 0.717) is 11.4 Å². The Balaban J connectivity index is 2.02. The molecule has 4 heteroatoms. The van der Waals surface area contributed by atoms with Crippen molar-refractivity contribution in [3.8, 4) is 0 Å². The van der Waals surface area contributed by atoms with Crippen LogP contribution in [-0.2, 0) is 4.79 Å². The summed E-state index contributed by atoms with van der Waals surface area (Å²) in [7, 11) is 0. The quantitative estimate of drug-likeness (QED) is 0.821. The second-order valence-corrected chi connectivity index (χ2v) is 5.57. The molecule has 106 valence electrons. The zero-order valence-corrected chi connectivity index (χ0v) is 12.4. The van der Waals surface area contributed by atoms with E-state index in [9.17, 15) is 4.79 Å². The topological polar surface area (TPSA) is 32.7 Å². The molecular weight excluding hydrogens is 284 g/mol. The van der Waals surface area contributed by atoms with E-state index in [0.717, 1.165) is 17.0 Å². The minimum Gasteiger partial charge on any atom is -0.273 e. The number of nitrogens with zero attached hydrogens (tertiary/aromatic N) is 2. The Morgan fingerprint density at radius 3 is 2.43 bits per heavy atom. The zero-order chi connectivity index (χ0) is 14.8. The minimum absolute atomic E-state index is 0.0198. The molecule has 1 aliphatic rings. The molecule has 2 aromatic carbocycles. The molecule has 0 saturated heterocycles. The number of hydrazone groups is 1. The largest absolute Gasteiger partial charge is 0.273 e. The van der Waals surface area contributed by atoms with Crippen LogP contribution in [0.15, 0.2) is 59.7 Å². The Morgan fingerprint density at radius 2 is 1.76 bits per heavy atom. The first-order chi connectivity index (χ1) is 10.1. The number of para-hydroxylation sites is 1. The highest BCUT2D eigenvalue weighted by Gasteiger charge is 2.28. The van der Waals surface area contributed by atoms with Crippen molar-refractivity contribution in [2.24, 2.45) is 11.0 Å². The fraction of sp³-hybridized carbons (Fsp3) is 0.176. The highest BCUT2D eigenvalue weighted by molar-refractivity contribution is 6.30. The maximum atomic E-state index is 12.2. The lowest BCUT2D eigenvalue weighted by Crippen LogP contribution is -2.36. The van der Waals surface area contributed by atoms with Gasteiger partial charge in [-0.15, -0.1) is 0 Å². The Hall–Kier alpha value is -2.13. The van der Waals surface area contributed by atoms with Crippen molar-refractivity contribution in [2.45, 2.75) is 13.3 Å². The van der Waals surface area contributed by atoms with Crippen LogP contribution in [0.5, 0.6) is 0 Å². The summed E-state index contributed by atoms with van der Waals surface area (Å²) in [6.45, 7) is 2.02. The Kier molecular flexibility index (Phi) is 3.76. The van der Waals surface area contributed by atoms with Crippen molar-refractivity contribution in [2.75, 3.05) is 5.01 Å². The van der Waals surface area contributed by atoms with Gasteiger partial charge in [-0.2, -0.15) is 5.10 Å². The number of rotatable bonds is 2. The molecule has 1 aliphatic heterocycles. The molecule has 1 atom stereocenters. The standard InChI is InChI=1S/C17H15ClN2O/c1-12-11-16(21)20(15-5-3-2-4-6-15)19-17(12)13-7-9-14(18)10-8-13/h2-10,12H,11H2,1H3/t12-/m1/s1. The van der Waals surface area contributed by atoms with Crippen LogP contribution < -0.4 is 5.01 Å². The summed E-state index contributed by atoms with van der Waals surface area (Å²) < 4.78 is 0. The Labute approximate surface area is 128 Å². The molecule has 0 aliphatic carbocycles. The Morgan fingerprint density at radius 1 is 1.10 bits per heavy atom. The molecule has 0 spiro atoms. The van der Waals surface area contributed by atoms with Gasteiger partial charge in [-0.3, -0.25) is 4.79 Å². The van der Waals surface area contributed by atoms with Crippen LogP contribution in [0.2, 0.25) is 5.02 Å². The van der Waals surface area contributed by atoms with Crippen LogP contribution in [0.3, 0.4) is 0 Å². The lowest BCUT2D eigenvalue weighted by molar-refractivity contribution is -0.119. The third-order valence-electron chi connectivity index (χ3n) is 3.53. The third-order valence-corrected chi connectivity index (χ3v) is 3.78. The number of carbonyl (C=O) groups excluding carboxylic acids is 1. The minimum atomic E-state index is 0.0198. The Bertz CT molecular complexity index is 680. The molecular formula is C17H15ClN2O. The van der Waals surface area contributed by atoms with Crippen LogP contribution in [-0.4, -0.2) is 11.6 Å². The van der Waals surface area contributed by atoms with Gasteiger partial charge in [0.05, 0.1) is 11.4 Å². The highest BCUT2D eigenvalue weighted by Crippen LogP contribution is 2.25. The first-order valence-electron chi connectivity index (χ1n) is 6.87. The van der Waals surface area contributed by atoms with Crippen LogP contribution >= 0.6 is 11.6 Å². The van der Waals surface area contributed by atoms with E-state index >= 15 is 0 Å². The summed E-state index contributed by atoms with van der Waals surface area (Å²) in [6.07, 6.45) is 0.455. The smallest absolute Gasteiger partial charge is 0.248 e. The van der Waals surface area contributed by atoms with Crippen LogP contribution in [0, 0.1) is 5.92 Å². The van der Waals surface area contributed by atoms with Gasteiger partial charge in [-0.05, 0) is 29.8 Å². The molecule has 2 aromatic rings. The summed E-state index contributed by atoms with van der Waals surface area (Å²) in [5, 5.41) is 6.75. The van der Waals surface area contributed by atoms with E-state index in [1.807, 2.05) is 61.5 Å². The molecule has 1 amide bonds. The predicted octanol–water partition coefficient (Wildman–Crippen LogP) is 4.12. The van der Waals surface area contributed by atoms with Crippen LogP contribution in [0.4, 0.5) is 5.69 Å². The van der Waals surface area contributed by atoms with Gasteiger partial charge in [-0.25, -0.2) is 5.01 Å². The number of halogens is 1. The first kappa shape index (κ1) is 13.8. The number of hydrogen-bond acceptors (Lipinski definition) is 2. The molecule has 1 heterocycles. The molecule has 3 nitrogen and oxygen atoms in total. The SMILES string of the molecule is C[C@@H]1CC(=O)N(c2ccccc2)N=C1c1ccc(Cl)cc1. The molecule has 21 heavy (non-hydrogen) atoms. The second-order valence-electron chi connectivity index (χ2n) is 5.14.